The van der Waals surface area contributed by atoms with E-state index in [-0.39, 0.29) is 6.10 Å². The molecule has 0 aromatic heterocycles. The van der Waals surface area contributed by atoms with Crippen molar-refractivity contribution in [3.05, 3.63) is 29.8 Å². The van der Waals surface area contributed by atoms with Gasteiger partial charge in [0, 0.05) is 23.8 Å². The third kappa shape index (κ3) is 2.76. The molecular weight excluding hydrogens is 232 g/mol. The second-order valence-electron chi connectivity index (χ2n) is 4.56. The van der Waals surface area contributed by atoms with Crippen LogP contribution in [-0.4, -0.2) is 30.3 Å². The number of anilines is 1. The summed E-state index contributed by atoms with van der Waals surface area (Å²) in [5, 5.41) is 0. The van der Waals surface area contributed by atoms with Crippen LogP contribution < -0.4 is 10.6 Å². The second-order valence-corrected chi connectivity index (χ2v) is 5.00. The molecule has 4 heteroatoms. The number of hydrogen-bond donors (Lipinski definition) is 1. The molecule has 3 nitrogen and oxygen atoms in total. The van der Waals surface area contributed by atoms with Crippen LogP contribution in [0.1, 0.15) is 19.4 Å². The van der Waals surface area contributed by atoms with E-state index in [1.54, 1.807) is 0 Å². The molecule has 1 aromatic rings. The highest BCUT2D eigenvalue weighted by atomic mass is 32.1. The molecule has 92 valence electrons. The molecule has 17 heavy (non-hydrogen) atoms. The standard InChI is InChI=1S/C13H18N2OS/c1-9-8-16-10(2)7-15(9)12-5-3-11(4-6-12)13(14)17/h3-6,9-10H,7-8H2,1-2H3,(H2,14,17). The summed E-state index contributed by atoms with van der Waals surface area (Å²) < 4.78 is 5.62. The summed E-state index contributed by atoms with van der Waals surface area (Å²) in [6, 6.07) is 8.50. The number of ether oxygens (including phenoxy) is 1. The Morgan fingerprint density at radius 3 is 2.59 bits per heavy atom. The van der Waals surface area contributed by atoms with E-state index >= 15 is 0 Å². The molecule has 1 fully saturated rings. The van der Waals surface area contributed by atoms with Gasteiger partial charge in [-0.1, -0.05) is 12.2 Å². The lowest BCUT2D eigenvalue weighted by Crippen LogP contribution is -2.47. The Morgan fingerprint density at radius 1 is 1.35 bits per heavy atom. The Balaban J connectivity index is 2.18. The summed E-state index contributed by atoms with van der Waals surface area (Å²) in [6.45, 7) is 5.97. The highest BCUT2D eigenvalue weighted by Crippen LogP contribution is 2.22. The van der Waals surface area contributed by atoms with E-state index in [2.05, 4.69) is 30.9 Å². The molecule has 1 aliphatic heterocycles. The first-order valence-corrected chi connectivity index (χ1v) is 6.27. The number of morpholine rings is 1. The van der Waals surface area contributed by atoms with Crippen LogP contribution >= 0.6 is 12.2 Å². The third-order valence-corrected chi connectivity index (χ3v) is 3.33. The number of benzene rings is 1. The van der Waals surface area contributed by atoms with Crippen molar-refractivity contribution in [3.8, 4) is 0 Å². The Morgan fingerprint density at radius 2 is 2.00 bits per heavy atom. The largest absolute Gasteiger partial charge is 0.389 e. The van der Waals surface area contributed by atoms with Crippen LogP contribution in [0.3, 0.4) is 0 Å². The Hall–Kier alpha value is -1.13. The number of hydrogen-bond acceptors (Lipinski definition) is 3. The van der Waals surface area contributed by atoms with Crippen molar-refractivity contribution < 1.29 is 4.74 Å². The van der Waals surface area contributed by atoms with E-state index in [1.165, 1.54) is 5.69 Å². The van der Waals surface area contributed by atoms with Gasteiger partial charge < -0.3 is 15.4 Å². The molecule has 0 spiro atoms. The fourth-order valence-electron chi connectivity index (χ4n) is 2.08. The van der Waals surface area contributed by atoms with Gasteiger partial charge in [0.25, 0.3) is 0 Å². The third-order valence-electron chi connectivity index (χ3n) is 3.09. The SMILES string of the molecule is CC1CN(c2ccc(C(N)=S)cc2)C(C)CO1. The Kier molecular flexibility index (Phi) is 3.64. The van der Waals surface area contributed by atoms with Crippen LogP contribution in [0.4, 0.5) is 5.69 Å². The lowest BCUT2D eigenvalue weighted by atomic mass is 10.1. The molecule has 2 rings (SSSR count). The van der Waals surface area contributed by atoms with Gasteiger partial charge >= 0.3 is 0 Å². The number of rotatable bonds is 2. The lowest BCUT2D eigenvalue weighted by Gasteiger charge is -2.38. The van der Waals surface area contributed by atoms with Crippen LogP contribution in [0.25, 0.3) is 0 Å². The minimum Gasteiger partial charge on any atom is -0.389 e. The van der Waals surface area contributed by atoms with Gasteiger partial charge in [-0.2, -0.15) is 0 Å². The van der Waals surface area contributed by atoms with Gasteiger partial charge in [0.2, 0.25) is 0 Å². The molecule has 0 radical (unpaired) electrons. The van der Waals surface area contributed by atoms with Gasteiger partial charge in [0.15, 0.2) is 0 Å². The highest BCUT2D eigenvalue weighted by Gasteiger charge is 2.23. The molecule has 2 N–H and O–H groups in total. The van der Waals surface area contributed by atoms with Gasteiger partial charge in [-0.3, -0.25) is 0 Å². The van der Waals surface area contributed by atoms with Gasteiger partial charge in [-0.15, -0.1) is 0 Å². The normalized spacial score (nSPS) is 24.7. The lowest BCUT2D eigenvalue weighted by molar-refractivity contribution is 0.0344. The summed E-state index contributed by atoms with van der Waals surface area (Å²) in [6.07, 6.45) is 0.279. The average Bonchev–Trinajstić information content (AvgIpc) is 2.32. The Bertz CT molecular complexity index is 404. The van der Waals surface area contributed by atoms with E-state index in [0.29, 0.717) is 11.0 Å². The van der Waals surface area contributed by atoms with E-state index in [9.17, 15) is 0 Å². The number of nitrogens with two attached hydrogens (primary N) is 1. The molecule has 1 saturated heterocycles. The van der Waals surface area contributed by atoms with Crippen molar-refractivity contribution in [1.82, 2.24) is 0 Å². The summed E-state index contributed by atoms with van der Waals surface area (Å²) in [5.74, 6) is 0. The van der Waals surface area contributed by atoms with Crippen molar-refractivity contribution in [2.24, 2.45) is 5.73 Å². The molecule has 2 atom stereocenters. The summed E-state index contributed by atoms with van der Waals surface area (Å²) in [5.41, 5.74) is 7.71. The maximum Gasteiger partial charge on any atom is 0.103 e. The van der Waals surface area contributed by atoms with Crippen molar-refractivity contribution in [2.45, 2.75) is 26.0 Å². The Labute approximate surface area is 108 Å². The maximum absolute atomic E-state index is 5.62. The van der Waals surface area contributed by atoms with E-state index < -0.39 is 0 Å². The molecule has 1 heterocycles. The summed E-state index contributed by atoms with van der Waals surface area (Å²) in [4.78, 5) is 2.80. The maximum atomic E-state index is 5.62. The average molecular weight is 250 g/mol. The summed E-state index contributed by atoms with van der Waals surface area (Å²) >= 11 is 4.95. The molecule has 1 aliphatic rings. The zero-order valence-electron chi connectivity index (χ0n) is 10.2. The van der Waals surface area contributed by atoms with Gasteiger partial charge in [-0.05, 0) is 38.1 Å². The first kappa shape index (κ1) is 12.3. The van der Waals surface area contributed by atoms with Crippen LogP contribution in [0.15, 0.2) is 24.3 Å². The zero-order valence-corrected chi connectivity index (χ0v) is 11.0. The highest BCUT2D eigenvalue weighted by molar-refractivity contribution is 7.80. The number of thiocarbonyl (C=S) groups is 1. The minimum absolute atomic E-state index is 0.279. The van der Waals surface area contributed by atoms with Crippen molar-refractivity contribution >= 4 is 22.9 Å². The first-order chi connectivity index (χ1) is 8.08. The van der Waals surface area contributed by atoms with E-state index in [4.69, 9.17) is 22.7 Å². The van der Waals surface area contributed by atoms with E-state index in [0.717, 1.165) is 18.7 Å². The quantitative estimate of drug-likeness (QED) is 0.814. The van der Waals surface area contributed by atoms with Gasteiger partial charge in [-0.25, -0.2) is 0 Å². The van der Waals surface area contributed by atoms with Crippen LogP contribution in [-0.2, 0) is 4.74 Å². The second kappa shape index (κ2) is 5.02. The zero-order chi connectivity index (χ0) is 12.4. The monoisotopic (exact) mass is 250 g/mol. The van der Waals surface area contributed by atoms with Crippen molar-refractivity contribution in [3.63, 3.8) is 0 Å². The molecule has 0 aliphatic carbocycles. The molecule has 0 amide bonds. The summed E-state index contributed by atoms with van der Waals surface area (Å²) in [7, 11) is 0. The molecule has 2 unspecified atom stereocenters. The molecule has 0 saturated carbocycles. The van der Waals surface area contributed by atoms with Crippen LogP contribution in [0, 0.1) is 0 Å². The van der Waals surface area contributed by atoms with Crippen molar-refractivity contribution in [1.29, 1.82) is 0 Å². The van der Waals surface area contributed by atoms with Gasteiger partial charge in [0.1, 0.15) is 4.99 Å². The smallest absolute Gasteiger partial charge is 0.103 e. The fourth-order valence-corrected chi connectivity index (χ4v) is 2.22. The molecular formula is C13H18N2OS. The minimum atomic E-state index is 0.279. The van der Waals surface area contributed by atoms with E-state index in [1.807, 2.05) is 12.1 Å². The predicted molar refractivity (Wildman–Crippen MR) is 74.6 cm³/mol. The van der Waals surface area contributed by atoms with Crippen molar-refractivity contribution in [2.75, 3.05) is 18.1 Å². The van der Waals surface area contributed by atoms with Crippen LogP contribution in [0.5, 0.6) is 0 Å². The fraction of sp³-hybridized carbons (Fsp3) is 0.462. The molecule has 1 aromatic carbocycles. The molecule has 0 bridgehead atoms. The first-order valence-electron chi connectivity index (χ1n) is 5.86. The topological polar surface area (TPSA) is 38.5 Å². The number of nitrogens with zero attached hydrogens (tertiary/aromatic N) is 1. The van der Waals surface area contributed by atoms with Gasteiger partial charge in [0.05, 0.1) is 12.7 Å². The predicted octanol–water partition coefficient (Wildman–Crippen LogP) is 1.93. The van der Waals surface area contributed by atoms with Crippen LogP contribution in [0.2, 0.25) is 0 Å².